The quantitative estimate of drug-likeness (QED) is 0.312. The number of aryl methyl sites for hydroxylation is 1. The number of anilines is 2. The largest absolute Gasteiger partial charge is 0.301 e. The van der Waals surface area contributed by atoms with Gasteiger partial charge in [0.05, 0.1) is 11.9 Å². The van der Waals surface area contributed by atoms with E-state index < -0.39 is 10.0 Å². The number of nitrogens with zero attached hydrogens (tertiary/aromatic N) is 3. The summed E-state index contributed by atoms with van der Waals surface area (Å²) in [4.78, 5) is 12.3. The van der Waals surface area contributed by atoms with E-state index >= 15 is 0 Å². The SMILES string of the molecule is CCc1ccc(N(CCCC(=O)Nc2nnc(SCc3ccccc3)s2)S(C)(=O)=O)cc1. The molecule has 1 aromatic heterocycles. The molecule has 3 aromatic rings. The van der Waals surface area contributed by atoms with Crippen LogP contribution in [0.25, 0.3) is 0 Å². The number of amides is 1. The molecule has 0 aliphatic carbocycles. The minimum atomic E-state index is -3.44. The maximum atomic E-state index is 12.3. The van der Waals surface area contributed by atoms with E-state index in [4.69, 9.17) is 0 Å². The zero-order valence-corrected chi connectivity index (χ0v) is 20.5. The van der Waals surface area contributed by atoms with Crippen molar-refractivity contribution in [1.29, 1.82) is 0 Å². The number of carbonyl (C=O) groups excluding carboxylic acids is 1. The molecule has 32 heavy (non-hydrogen) atoms. The number of aromatic nitrogens is 2. The Labute approximate surface area is 197 Å². The first-order chi connectivity index (χ1) is 15.3. The van der Waals surface area contributed by atoms with E-state index in [2.05, 4.69) is 27.6 Å². The Balaban J connectivity index is 1.48. The molecule has 0 unspecified atom stereocenters. The van der Waals surface area contributed by atoms with Crippen molar-refractivity contribution in [3.05, 3.63) is 65.7 Å². The summed E-state index contributed by atoms with van der Waals surface area (Å²) in [6.45, 7) is 2.27. The second-order valence-electron chi connectivity index (χ2n) is 7.15. The molecule has 10 heteroatoms. The predicted octanol–water partition coefficient (Wildman–Crippen LogP) is 4.58. The van der Waals surface area contributed by atoms with Crippen LogP contribution in [0.4, 0.5) is 10.8 Å². The van der Waals surface area contributed by atoms with Gasteiger partial charge in [0.1, 0.15) is 0 Å². The molecule has 3 rings (SSSR count). The number of benzene rings is 2. The topological polar surface area (TPSA) is 92.3 Å². The van der Waals surface area contributed by atoms with Crippen molar-refractivity contribution in [3.8, 4) is 0 Å². The third-order valence-corrected chi connectivity index (χ3v) is 7.89. The highest BCUT2D eigenvalue weighted by Crippen LogP contribution is 2.28. The van der Waals surface area contributed by atoms with Crippen LogP contribution in [0.15, 0.2) is 58.9 Å². The first kappa shape index (κ1) is 24.2. The van der Waals surface area contributed by atoms with Crippen molar-refractivity contribution in [2.75, 3.05) is 22.4 Å². The molecule has 1 N–H and O–H groups in total. The van der Waals surface area contributed by atoms with E-state index in [9.17, 15) is 13.2 Å². The molecule has 1 heterocycles. The smallest absolute Gasteiger partial charge is 0.232 e. The highest BCUT2D eigenvalue weighted by molar-refractivity contribution is 8.00. The highest BCUT2D eigenvalue weighted by atomic mass is 32.2. The summed E-state index contributed by atoms with van der Waals surface area (Å²) in [6.07, 6.45) is 2.64. The average Bonchev–Trinajstić information content (AvgIpc) is 3.22. The molecule has 0 spiro atoms. The van der Waals surface area contributed by atoms with Gasteiger partial charge in [-0.2, -0.15) is 0 Å². The fraction of sp³-hybridized carbons (Fsp3) is 0.318. The summed E-state index contributed by atoms with van der Waals surface area (Å²) >= 11 is 2.89. The second-order valence-corrected chi connectivity index (χ2v) is 11.3. The van der Waals surface area contributed by atoms with Gasteiger partial charge >= 0.3 is 0 Å². The lowest BCUT2D eigenvalue weighted by atomic mass is 10.1. The summed E-state index contributed by atoms with van der Waals surface area (Å²) in [7, 11) is -3.44. The van der Waals surface area contributed by atoms with Gasteiger partial charge in [-0.15, -0.1) is 10.2 Å². The van der Waals surface area contributed by atoms with Gasteiger partial charge in [-0.3, -0.25) is 9.10 Å². The monoisotopic (exact) mass is 490 g/mol. The Hall–Kier alpha value is -2.43. The lowest BCUT2D eigenvalue weighted by Crippen LogP contribution is -2.31. The van der Waals surface area contributed by atoms with Crippen molar-refractivity contribution in [3.63, 3.8) is 0 Å². The molecule has 0 aliphatic heterocycles. The zero-order valence-electron chi connectivity index (χ0n) is 18.0. The predicted molar refractivity (Wildman–Crippen MR) is 132 cm³/mol. The minimum absolute atomic E-state index is 0.186. The normalized spacial score (nSPS) is 11.3. The van der Waals surface area contributed by atoms with Crippen molar-refractivity contribution in [2.45, 2.75) is 36.3 Å². The third-order valence-electron chi connectivity index (χ3n) is 4.66. The van der Waals surface area contributed by atoms with E-state index in [0.29, 0.717) is 17.2 Å². The highest BCUT2D eigenvalue weighted by Gasteiger charge is 2.18. The summed E-state index contributed by atoms with van der Waals surface area (Å²) in [6, 6.07) is 17.5. The van der Waals surface area contributed by atoms with Crippen molar-refractivity contribution >= 4 is 49.8 Å². The molecule has 0 fully saturated rings. The number of hydrogen-bond donors (Lipinski definition) is 1. The lowest BCUT2D eigenvalue weighted by molar-refractivity contribution is -0.116. The molecular formula is C22H26N4O3S3. The van der Waals surface area contributed by atoms with E-state index in [1.807, 2.05) is 37.3 Å². The fourth-order valence-electron chi connectivity index (χ4n) is 2.99. The first-order valence-corrected chi connectivity index (χ1v) is 13.9. The van der Waals surface area contributed by atoms with E-state index in [1.54, 1.807) is 23.9 Å². The summed E-state index contributed by atoms with van der Waals surface area (Å²) < 4.78 is 26.6. The van der Waals surface area contributed by atoms with Gasteiger partial charge in [0.2, 0.25) is 21.1 Å². The van der Waals surface area contributed by atoms with Gasteiger partial charge in [-0.25, -0.2) is 8.42 Å². The molecule has 1 amide bonds. The molecule has 0 saturated heterocycles. The molecule has 0 atom stereocenters. The van der Waals surface area contributed by atoms with E-state index in [-0.39, 0.29) is 18.9 Å². The van der Waals surface area contributed by atoms with Gasteiger partial charge in [0, 0.05) is 18.7 Å². The standard InChI is InChI=1S/C22H26N4O3S3/c1-3-17-11-13-19(14-12-17)26(32(2,28)29)15-7-10-20(27)23-21-24-25-22(31-21)30-16-18-8-5-4-6-9-18/h4-6,8-9,11-14H,3,7,10,15-16H2,1-2H3,(H,23,24,27). The van der Waals surface area contributed by atoms with Crippen LogP contribution in [0.1, 0.15) is 30.9 Å². The molecule has 170 valence electrons. The number of nitrogens with one attached hydrogen (secondary N) is 1. The Morgan fingerprint density at radius 2 is 1.78 bits per heavy atom. The minimum Gasteiger partial charge on any atom is -0.301 e. The van der Waals surface area contributed by atoms with Crippen molar-refractivity contribution in [1.82, 2.24) is 10.2 Å². The van der Waals surface area contributed by atoms with Crippen LogP contribution in [0.2, 0.25) is 0 Å². The molecule has 7 nitrogen and oxygen atoms in total. The van der Waals surface area contributed by atoms with Crippen LogP contribution in [0, 0.1) is 0 Å². The van der Waals surface area contributed by atoms with Gasteiger partial charge in [0.15, 0.2) is 4.34 Å². The Bertz CT molecular complexity index is 1120. The molecule has 0 aliphatic rings. The van der Waals surface area contributed by atoms with Gasteiger partial charge in [-0.05, 0) is 36.1 Å². The van der Waals surface area contributed by atoms with Gasteiger partial charge in [-0.1, -0.05) is 72.5 Å². The number of rotatable bonds is 11. The number of carbonyl (C=O) groups is 1. The zero-order chi connectivity index (χ0) is 23.0. The van der Waals surface area contributed by atoms with E-state index in [1.165, 1.54) is 27.5 Å². The van der Waals surface area contributed by atoms with Crippen LogP contribution in [0.3, 0.4) is 0 Å². The van der Waals surface area contributed by atoms with Crippen LogP contribution < -0.4 is 9.62 Å². The molecular weight excluding hydrogens is 464 g/mol. The average molecular weight is 491 g/mol. The van der Waals surface area contributed by atoms with Crippen molar-refractivity contribution in [2.24, 2.45) is 0 Å². The summed E-state index contributed by atoms with van der Waals surface area (Å²) in [5.41, 5.74) is 2.94. The van der Waals surface area contributed by atoms with Gasteiger partial charge in [0.25, 0.3) is 0 Å². The van der Waals surface area contributed by atoms with E-state index in [0.717, 1.165) is 22.1 Å². The fourth-order valence-corrected chi connectivity index (χ4v) is 5.68. The second kappa shape index (κ2) is 11.4. The molecule has 0 radical (unpaired) electrons. The molecule has 0 saturated carbocycles. The Morgan fingerprint density at radius 1 is 1.06 bits per heavy atom. The number of sulfonamides is 1. The Morgan fingerprint density at radius 3 is 2.44 bits per heavy atom. The first-order valence-electron chi connectivity index (χ1n) is 10.2. The molecule has 0 bridgehead atoms. The van der Waals surface area contributed by atoms with Crippen LogP contribution >= 0.6 is 23.1 Å². The van der Waals surface area contributed by atoms with Crippen molar-refractivity contribution < 1.29 is 13.2 Å². The summed E-state index contributed by atoms with van der Waals surface area (Å²) in [5, 5.41) is 11.3. The number of thioether (sulfide) groups is 1. The van der Waals surface area contributed by atoms with Crippen LogP contribution in [-0.4, -0.2) is 37.3 Å². The Kier molecular flexibility index (Phi) is 8.66. The van der Waals surface area contributed by atoms with Crippen LogP contribution in [0.5, 0.6) is 0 Å². The maximum Gasteiger partial charge on any atom is 0.232 e. The third kappa shape index (κ3) is 7.32. The number of hydrogen-bond acceptors (Lipinski definition) is 7. The van der Waals surface area contributed by atoms with Crippen LogP contribution in [-0.2, 0) is 27.0 Å². The van der Waals surface area contributed by atoms with Gasteiger partial charge < -0.3 is 5.32 Å². The molecule has 2 aromatic carbocycles. The maximum absolute atomic E-state index is 12.3. The lowest BCUT2D eigenvalue weighted by Gasteiger charge is -2.22. The summed E-state index contributed by atoms with van der Waals surface area (Å²) in [5.74, 6) is 0.569.